The maximum atomic E-state index is 9.54. The predicted octanol–water partition coefficient (Wildman–Crippen LogP) is 1.67. The van der Waals surface area contributed by atoms with Crippen LogP contribution in [0.2, 0.25) is 0 Å². The van der Waals surface area contributed by atoms with Crippen molar-refractivity contribution in [2.24, 2.45) is 0 Å². The molecule has 24 heavy (non-hydrogen) atoms. The largest absolute Gasteiger partial charge is 0.465 e. The molecule has 0 aromatic carbocycles. The zero-order chi connectivity index (χ0) is 16.5. The number of nitrogens with one attached hydrogen (secondary N) is 1. The molecule has 0 spiro atoms. The minimum Gasteiger partial charge on any atom is -0.465 e. The van der Waals surface area contributed by atoms with Gasteiger partial charge in [-0.05, 0) is 25.5 Å². The number of rotatable bonds is 5. The third kappa shape index (κ3) is 3.22. The fourth-order valence-corrected chi connectivity index (χ4v) is 3.04. The Labute approximate surface area is 140 Å². The average Bonchev–Trinajstić information content (AvgIpc) is 3.21. The molecule has 0 aliphatic carbocycles. The van der Waals surface area contributed by atoms with Gasteiger partial charge in [0, 0.05) is 31.7 Å². The first-order chi connectivity index (χ1) is 11.7. The van der Waals surface area contributed by atoms with E-state index in [2.05, 4.69) is 10.3 Å². The Balaban J connectivity index is 1.54. The highest BCUT2D eigenvalue weighted by Gasteiger charge is 2.28. The molecule has 2 aliphatic heterocycles. The van der Waals surface area contributed by atoms with E-state index in [1.165, 1.54) is 0 Å². The van der Waals surface area contributed by atoms with Crippen LogP contribution < -0.4 is 10.2 Å². The molecule has 4 heterocycles. The van der Waals surface area contributed by atoms with Crippen molar-refractivity contribution >= 4 is 11.8 Å². The first-order valence-electron chi connectivity index (χ1n) is 8.36. The number of ether oxygens (including phenoxy) is 1. The van der Waals surface area contributed by atoms with E-state index in [-0.39, 0.29) is 6.10 Å². The number of furan rings is 1. The Morgan fingerprint density at radius 3 is 2.88 bits per heavy atom. The molecule has 1 atom stereocenters. The quantitative estimate of drug-likeness (QED) is 0.863. The number of β-amino-alcohol motifs (C(OH)–C–C–N with tert-alkyl or cyclic N) is 1. The lowest BCUT2D eigenvalue weighted by Gasteiger charge is -2.36. The minimum atomic E-state index is -0.283. The van der Waals surface area contributed by atoms with Gasteiger partial charge < -0.3 is 24.5 Å². The lowest BCUT2D eigenvalue weighted by atomic mass is 10.0. The van der Waals surface area contributed by atoms with Crippen LogP contribution in [0.15, 0.2) is 22.6 Å². The summed E-state index contributed by atoms with van der Waals surface area (Å²) < 4.78 is 11.1. The summed E-state index contributed by atoms with van der Waals surface area (Å²) in [6, 6.07) is 5.90. The van der Waals surface area contributed by atoms with Crippen LogP contribution in [0.4, 0.5) is 11.8 Å². The maximum absolute atomic E-state index is 9.54. The number of hydrogen-bond donors (Lipinski definition) is 2. The molecule has 4 rings (SSSR count). The molecule has 128 valence electrons. The van der Waals surface area contributed by atoms with Crippen LogP contribution in [0.25, 0.3) is 0 Å². The number of hydrogen-bond acceptors (Lipinski definition) is 7. The van der Waals surface area contributed by atoms with Crippen LogP contribution in [-0.4, -0.2) is 47.5 Å². The van der Waals surface area contributed by atoms with Crippen molar-refractivity contribution in [3.05, 3.63) is 35.4 Å². The first kappa shape index (κ1) is 15.4. The van der Waals surface area contributed by atoms with E-state index in [1.54, 1.807) is 0 Å². The summed E-state index contributed by atoms with van der Waals surface area (Å²) in [6.07, 6.45) is 0.699. The molecule has 0 saturated carbocycles. The molecule has 2 saturated heterocycles. The summed E-state index contributed by atoms with van der Waals surface area (Å²) in [5.41, 5.74) is 0.997. The fraction of sp³-hybridized carbons (Fsp3) is 0.529. The highest BCUT2D eigenvalue weighted by atomic mass is 16.5. The number of aliphatic hydroxyl groups is 1. The van der Waals surface area contributed by atoms with E-state index in [4.69, 9.17) is 14.1 Å². The van der Waals surface area contributed by atoms with E-state index in [9.17, 15) is 5.11 Å². The van der Waals surface area contributed by atoms with E-state index >= 15 is 0 Å². The molecule has 7 nitrogen and oxygen atoms in total. The van der Waals surface area contributed by atoms with E-state index < -0.39 is 0 Å². The van der Waals surface area contributed by atoms with Gasteiger partial charge in [-0.15, -0.1) is 0 Å². The highest BCUT2D eigenvalue weighted by molar-refractivity contribution is 5.46. The molecule has 2 N–H and O–H groups in total. The second kappa shape index (κ2) is 6.41. The van der Waals surface area contributed by atoms with Crippen LogP contribution in [0.5, 0.6) is 0 Å². The summed E-state index contributed by atoms with van der Waals surface area (Å²) in [5, 5.41) is 12.9. The van der Waals surface area contributed by atoms with Gasteiger partial charge in [0.25, 0.3) is 0 Å². The molecule has 2 aliphatic rings. The van der Waals surface area contributed by atoms with Crippen LogP contribution in [0.3, 0.4) is 0 Å². The van der Waals surface area contributed by atoms with E-state index in [1.807, 2.05) is 30.0 Å². The molecule has 2 aromatic rings. The molecule has 0 amide bonds. The molecule has 2 aromatic heterocycles. The molecular formula is C17H22N4O3. The van der Waals surface area contributed by atoms with Crippen molar-refractivity contribution in [1.82, 2.24) is 9.97 Å². The Morgan fingerprint density at radius 2 is 2.21 bits per heavy atom. The van der Waals surface area contributed by atoms with Gasteiger partial charge in [0.2, 0.25) is 5.95 Å². The summed E-state index contributed by atoms with van der Waals surface area (Å²) in [6.45, 7) is 5.16. The SMILES string of the molecule is Cc1ccc(CNc2cc(C3CCOC3)nc(N3CC(O)C3)n2)o1. The molecular weight excluding hydrogens is 308 g/mol. The zero-order valence-electron chi connectivity index (χ0n) is 13.7. The Morgan fingerprint density at radius 1 is 1.33 bits per heavy atom. The van der Waals surface area contributed by atoms with Crippen molar-refractivity contribution in [3.8, 4) is 0 Å². The highest BCUT2D eigenvalue weighted by Crippen LogP contribution is 2.28. The first-order valence-corrected chi connectivity index (χ1v) is 8.36. The standard InChI is InChI=1S/C17H22N4O3/c1-11-2-3-14(24-11)7-18-16-6-15(12-4-5-23-10-12)19-17(20-16)21-8-13(22)9-21/h2-3,6,12-13,22H,4-5,7-10H2,1H3,(H,18,19,20). The van der Waals surface area contributed by atoms with Gasteiger partial charge in [-0.3, -0.25) is 0 Å². The van der Waals surface area contributed by atoms with Crippen molar-refractivity contribution in [2.75, 3.05) is 36.5 Å². The number of aromatic nitrogens is 2. The molecule has 0 radical (unpaired) electrons. The molecule has 1 unspecified atom stereocenters. The minimum absolute atomic E-state index is 0.283. The van der Waals surface area contributed by atoms with E-state index in [0.717, 1.165) is 36.1 Å². The predicted molar refractivity (Wildman–Crippen MR) is 89.2 cm³/mol. The lowest BCUT2D eigenvalue weighted by Crippen LogP contribution is -2.51. The second-order valence-corrected chi connectivity index (χ2v) is 6.46. The van der Waals surface area contributed by atoms with Crippen molar-refractivity contribution in [2.45, 2.75) is 31.9 Å². The summed E-state index contributed by atoms with van der Waals surface area (Å²) in [4.78, 5) is 11.3. The van der Waals surface area contributed by atoms with Crippen molar-refractivity contribution < 1.29 is 14.3 Å². The molecule has 0 bridgehead atoms. The fourth-order valence-electron chi connectivity index (χ4n) is 3.04. The van der Waals surface area contributed by atoms with Gasteiger partial charge in [0.1, 0.15) is 17.3 Å². The summed E-state index contributed by atoms with van der Waals surface area (Å²) in [7, 11) is 0. The maximum Gasteiger partial charge on any atom is 0.227 e. The van der Waals surface area contributed by atoms with Gasteiger partial charge in [-0.2, -0.15) is 4.98 Å². The van der Waals surface area contributed by atoms with Gasteiger partial charge in [-0.1, -0.05) is 0 Å². The monoisotopic (exact) mass is 330 g/mol. The van der Waals surface area contributed by atoms with Crippen molar-refractivity contribution in [1.29, 1.82) is 0 Å². The number of aliphatic hydroxyl groups excluding tert-OH is 1. The third-order valence-corrected chi connectivity index (χ3v) is 4.47. The van der Waals surface area contributed by atoms with Crippen LogP contribution in [0.1, 0.15) is 29.6 Å². The lowest BCUT2D eigenvalue weighted by molar-refractivity contribution is 0.140. The molecule has 2 fully saturated rings. The topological polar surface area (TPSA) is 83.7 Å². The summed E-state index contributed by atoms with van der Waals surface area (Å²) in [5.74, 6) is 3.52. The number of aryl methyl sites for hydroxylation is 1. The van der Waals surface area contributed by atoms with E-state index in [0.29, 0.717) is 38.1 Å². The third-order valence-electron chi connectivity index (χ3n) is 4.47. The Kier molecular flexibility index (Phi) is 4.12. The molecule has 7 heteroatoms. The number of nitrogens with zero attached hydrogens (tertiary/aromatic N) is 3. The normalized spacial score (nSPS) is 21.1. The van der Waals surface area contributed by atoms with Gasteiger partial charge >= 0.3 is 0 Å². The number of anilines is 2. The Hall–Kier alpha value is -2.12. The zero-order valence-corrected chi connectivity index (χ0v) is 13.7. The average molecular weight is 330 g/mol. The van der Waals surface area contributed by atoms with Crippen LogP contribution in [-0.2, 0) is 11.3 Å². The smallest absolute Gasteiger partial charge is 0.227 e. The summed E-state index contributed by atoms with van der Waals surface area (Å²) >= 11 is 0. The van der Waals surface area contributed by atoms with Crippen LogP contribution in [0, 0.1) is 6.92 Å². The van der Waals surface area contributed by atoms with Crippen LogP contribution >= 0.6 is 0 Å². The second-order valence-electron chi connectivity index (χ2n) is 6.46. The Bertz CT molecular complexity index is 706. The van der Waals surface area contributed by atoms with Gasteiger partial charge in [0.05, 0.1) is 24.9 Å². The van der Waals surface area contributed by atoms with Crippen molar-refractivity contribution in [3.63, 3.8) is 0 Å². The van der Waals surface area contributed by atoms with Gasteiger partial charge in [0.15, 0.2) is 0 Å². The van der Waals surface area contributed by atoms with Gasteiger partial charge in [-0.25, -0.2) is 4.98 Å².